The number of rotatable bonds is 4. The van der Waals surface area contributed by atoms with Crippen LogP contribution in [0.25, 0.3) is 0 Å². The summed E-state index contributed by atoms with van der Waals surface area (Å²) in [6.45, 7) is 0.999. The molecule has 54 valence electrons. The fraction of sp³-hybridized carbons (Fsp3) is 0.800. The summed E-state index contributed by atoms with van der Waals surface area (Å²) in [5, 5.41) is 0. The third-order valence-corrected chi connectivity index (χ3v) is 0.729. The minimum Gasteiger partial charge on any atom is -0.464 e. The van der Waals surface area contributed by atoms with Crippen LogP contribution in [-0.4, -0.2) is 25.7 Å². The maximum Gasteiger partial charge on any atom is 0.307 e. The molecule has 0 aliphatic heterocycles. The molecule has 0 rings (SSSR count). The molecule has 0 unspecified atom stereocenters. The Hall–Kier alpha value is -0.610. The van der Waals surface area contributed by atoms with Crippen LogP contribution in [0.2, 0.25) is 0 Å². The summed E-state index contributed by atoms with van der Waals surface area (Å²) in [4.78, 5) is 10.4. The normalized spacial score (nSPS) is 9.11. The van der Waals surface area contributed by atoms with Crippen LogP contribution < -0.4 is 11.5 Å². The van der Waals surface area contributed by atoms with Gasteiger partial charge >= 0.3 is 5.97 Å². The molecule has 0 saturated heterocycles. The minimum atomic E-state index is -0.275. The fourth-order valence-electron chi connectivity index (χ4n) is 0.363. The standard InChI is InChI=1S/C5H12N2O2/c6-2-1-5(8)9-4-3-7/h1-4,6-7H2. The molecule has 0 amide bonds. The van der Waals surface area contributed by atoms with Crippen LogP contribution >= 0.6 is 0 Å². The first-order valence-corrected chi connectivity index (χ1v) is 2.87. The Kier molecular flexibility index (Phi) is 5.15. The van der Waals surface area contributed by atoms with Gasteiger partial charge in [-0.1, -0.05) is 0 Å². The number of carbonyl (C=O) groups excluding carboxylic acids is 1. The molecule has 0 aromatic rings. The summed E-state index contributed by atoms with van der Waals surface area (Å²) in [6, 6.07) is 0. The minimum absolute atomic E-state index is 0.275. The topological polar surface area (TPSA) is 78.3 Å². The summed E-state index contributed by atoms with van der Waals surface area (Å²) in [5.41, 5.74) is 10.1. The highest BCUT2D eigenvalue weighted by Crippen LogP contribution is 1.80. The smallest absolute Gasteiger partial charge is 0.307 e. The molecular weight excluding hydrogens is 120 g/mol. The summed E-state index contributed by atoms with van der Waals surface area (Å²) in [5.74, 6) is -0.275. The predicted octanol–water partition coefficient (Wildman–Crippen LogP) is -1.16. The molecule has 0 saturated carbocycles. The Morgan fingerprint density at radius 2 is 2.00 bits per heavy atom. The van der Waals surface area contributed by atoms with Gasteiger partial charge in [0.2, 0.25) is 0 Å². The van der Waals surface area contributed by atoms with Gasteiger partial charge in [-0.25, -0.2) is 0 Å². The van der Waals surface area contributed by atoms with Gasteiger partial charge in [0.05, 0.1) is 6.42 Å². The SMILES string of the molecule is NCCOC(=O)CCN. The van der Waals surface area contributed by atoms with Gasteiger partial charge < -0.3 is 16.2 Å². The van der Waals surface area contributed by atoms with Gasteiger partial charge in [-0.05, 0) is 0 Å². The van der Waals surface area contributed by atoms with Crippen LogP contribution in [0, 0.1) is 0 Å². The zero-order valence-electron chi connectivity index (χ0n) is 5.30. The second kappa shape index (κ2) is 5.53. The number of hydrogen-bond acceptors (Lipinski definition) is 4. The predicted molar refractivity (Wildman–Crippen MR) is 33.7 cm³/mol. The molecule has 0 radical (unpaired) electrons. The van der Waals surface area contributed by atoms with Crippen LogP contribution in [0.4, 0.5) is 0 Å². The first kappa shape index (κ1) is 8.39. The summed E-state index contributed by atoms with van der Waals surface area (Å²) < 4.78 is 4.59. The third-order valence-electron chi connectivity index (χ3n) is 0.729. The molecule has 0 heterocycles. The van der Waals surface area contributed by atoms with Crippen molar-refractivity contribution in [1.82, 2.24) is 0 Å². The monoisotopic (exact) mass is 132 g/mol. The van der Waals surface area contributed by atoms with Crippen molar-refractivity contribution >= 4 is 5.97 Å². The zero-order chi connectivity index (χ0) is 7.11. The molecule has 0 bridgehead atoms. The molecule has 4 N–H and O–H groups in total. The van der Waals surface area contributed by atoms with Gasteiger partial charge in [0.25, 0.3) is 0 Å². The summed E-state index contributed by atoms with van der Waals surface area (Å²) in [7, 11) is 0. The van der Waals surface area contributed by atoms with Gasteiger partial charge in [0, 0.05) is 13.1 Å². The van der Waals surface area contributed by atoms with Gasteiger partial charge in [-0.15, -0.1) is 0 Å². The van der Waals surface area contributed by atoms with E-state index in [1.54, 1.807) is 0 Å². The van der Waals surface area contributed by atoms with E-state index in [-0.39, 0.29) is 12.4 Å². The molecule has 9 heavy (non-hydrogen) atoms. The molecule has 4 heteroatoms. The lowest BCUT2D eigenvalue weighted by atomic mass is 10.4. The first-order valence-electron chi connectivity index (χ1n) is 2.87. The van der Waals surface area contributed by atoms with Crippen molar-refractivity contribution in [3.8, 4) is 0 Å². The average Bonchev–Trinajstić information content (AvgIpc) is 1.85. The largest absolute Gasteiger partial charge is 0.464 e. The molecule has 0 fully saturated rings. The van der Waals surface area contributed by atoms with E-state index in [2.05, 4.69) is 4.74 Å². The van der Waals surface area contributed by atoms with Gasteiger partial charge in [-0.2, -0.15) is 0 Å². The van der Waals surface area contributed by atoms with E-state index >= 15 is 0 Å². The van der Waals surface area contributed by atoms with Crippen LogP contribution in [0.1, 0.15) is 6.42 Å². The highest BCUT2D eigenvalue weighted by Gasteiger charge is 1.97. The Morgan fingerprint density at radius 3 is 2.44 bits per heavy atom. The van der Waals surface area contributed by atoms with E-state index in [0.29, 0.717) is 19.7 Å². The van der Waals surface area contributed by atoms with Crippen LogP contribution in [0.15, 0.2) is 0 Å². The van der Waals surface area contributed by atoms with Gasteiger partial charge in [-0.3, -0.25) is 4.79 Å². The van der Waals surface area contributed by atoms with E-state index < -0.39 is 0 Å². The van der Waals surface area contributed by atoms with E-state index in [0.717, 1.165) is 0 Å². The number of carbonyl (C=O) groups is 1. The van der Waals surface area contributed by atoms with Crippen LogP contribution in [0.3, 0.4) is 0 Å². The first-order chi connectivity index (χ1) is 4.31. The molecule has 0 aliphatic rings. The number of nitrogens with two attached hydrogens (primary N) is 2. The quantitative estimate of drug-likeness (QED) is 0.473. The molecule has 0 aromatic carbocycles. The van der Waals surface area contributed by atoms with Crippen molar-refractivity contribution < 1.29 is 9.53 Å². The molecule has 4 nitrogen and oxygen atoms in total. The Morgan fingerprint density at radius 1 is 1.33 bits per heavy atom. The van der Waals surface area contributed by atoms with Crippen molar-refractivity contribution in [2.24, 2.45) is 11.5 Å². The number of esters is 1. The van der Waals surface area contributed by atoms with Gasteiger partial charge in [0.1, 0.15) is 6.61 Å². The second-order valence-corrected chi connectivity index (χ2v) is 1.55. The highest BCUT2D eigenvalue weighted by molar-refractivity contribution is 5.69. The lowest BCUT2D eigenvalue weighted by molar-refractivity contribution is -0.143. The molecule has 0 spiro atoms. The number of hydrogen-bond donors (Lipinski definition) is 2. The maximum absolute atomic E-state index is 10.4. The molecule has 0 atom stereocenters. The Bertz CT molecular complexity index is 85.0. The lowest BCUT2D eigenvalue weighted by Crippen LogP contribution is -2.16. The lowest BCUT2D eigenvalue weighted by Gasteiger charge is -1.99. The second-order valence-electron chi connectivity index (χ2n) is 1.55. The van der Waals surface area contributed by atoms with E-state index in [1.807, 2.05) is 0 Å². The molecular formula is C5H12N2O2. The Balaban J connectivity index is 3.06. The zero-order valence-corrected chi connectivity index (χ0v) is 5.30. The Labute approximate surface area is 54.2 Å². The maximum atomic E-state index is 10.4. The van der Waals surface area contributed by atoms with Crippen molar-refractivity contribution in [1.29, 1.82) is 0 Å². The number of ether oxygens (including phenoxy) is 1. The van der Waals surface area contributed by atoms with Crippen LogP contribution in [0.5, 0.6) is 0 Å². The summed E-state index contributed by atoms with van der Waals surface area (Å²) in [6.07, 6.45) is 0.278. The van der Waals surface area contributed by atoms with Crippen molar-refractivity contribution in [3.05, 3.63) is 0 Å². The van der Waals surface area contributed by atoms with Crippen molar-refractivity contribution in [2.45, 2.75) is 6.42 Å². The van der Waals surface area contributed by atoms with E-state index in [1.165, 1.54) is 0 Å². The van der Waals surface area contributed by atoms with Crippen molar-refractivity contribution in [3.63, 3.8) is 0 Å². The average molecular weight is 132 g/mol. The molecule has 0 aliphatic carbocycles. The third kappa shape index (κ3) is 5.26. The van der Waals surface area contributed by atoms with Gasteiger partial charge in [0.15, 0.2) is 0 Å². The van der Waals surface area contributed by atoms with E-state index in [9.17, 15) is 4.79 Å². The van der Waals surface area contributed by atoms with Crippen LogP contribution in [-0.2, 0) is 9.53 Å². The summed E-state index contributed by atoms with van der Waals surface area (Å²) >= 11 is 0. The van der Waals surface area contributed by atoms with E-state index in [4.69, 9.17) is 11.5 Å². The molecule has 0 aromatic heterocycles. The fourth-order valence-corrected chi connectivity index (χ4v) is 0.363. The highest BCUT2D eigenvalue weighted by atomic mass is 16.5. The van der Waals surface area contributed by atoms with Crippen molar-refractivity contribution in [2.75, 3.05) is 19.7 Å².